The Morgan fingerprint density at radius 1 is 0.688 bits per heavy atom. The van der Waals surface area contributed by atoms with Gasteiger partial charge in [0.1, 0.15) is 19.8 Å². The topological polar surface area (TPSA) is 108 Å². The highest BCUT2D eigenvalue weighted by atomic mass is 16.5. The summed E-state index contributed by atoms with van der Waals surface area (Å²) < 4.78 is 19.7. The Balaban J connectivity index is 0.00000102. The van der Waals surface area contributed by atoms with Crippen LogP contribution in [0.25, 0.3) is 0 Å². The third-order valence-electron chi connectivity index (χ3n) is 3.32. The molecule has 0 heterocycles. The molecule has 8 nitrogen and oxygen atoms in total. The molecule has 0 unspecified atom stereocenters. The second kappa shape index (κ2) is 18.3. The van der Waals surface area contributed by atoms with Crippen LogP contribution in [0.15, 0.2) is 68.8 Å². The van der Waals surface area contributed by atoms with E-state index in [-0.39, 0.29) is 43.1 Å². The van der Waals surface area contributed by atoms with E-state index >= 15 is 0 Å². The van der Waals surface area contributed by atoms with E-state index in [1.165, 1.54) is 36.4 Å². The monoisotopic (exact) mass is 446 g/mol. The molecule has 0 amide bonds. The number of hydrogen-bond acceptors (Lipinski definition) is 8. The maximum absolute atomic E-state index is 12.0. The first-order valence-electron chi connectivity index (χ1n) is 9.73. The number of esters is 3. The molecule has 0 spiro atoms. The summed E-state index contributed by atoms with van der Waals surface area (Å²) in [4.78, 5) is 35.9. The summed E-state index contributed by atoms with van der Waals surface area (Å²) in [6, 6.07) is 3.84. The van der Waals surface area contributed by atoms with Crippen LogP contribution in [0.4, 0.5) is 0 Å². The van der Waals surface area contributed by atoms with Gasteiger partial charge in [0.2, 0.25) is 0 Å². The molecule has 0 bridgehead atoms. The van der Waals surface area contributed by atoms with Gasteiger partial charge in [-0.3, -0.25) is 0 Å². The summed E-state index contributed by atoms with van der Waals surface area (Å²) >= 11 is 0. The van der Waals surface area contributed by atoms with Gasteiger partial charge in [0.15, 0.2) is 0 Å². The number of carbonyl (C=O) groups excluding carboxylic acids is 3. The molecule has 8 heteroatoms. The molecule has 0 aliphatic carbocycles. The van der Waals surface area contributed by atoms with Crippen LogP contribution in [0.1, 0.15) is 37.5 Å². The van der Waals surface area contributed by atoms with Crippen molar-refractivity contribution >= 4 is 17.9 Å². The van der Waals surface area contributed by atoms with E-state index < -0.39 is 17.9 Å². The Morgan fingerprint density at radius 3 is 1.31 bits per heavy atom. The van der Waals surface area contributed by atoms with Gasteiger partial charge in [0, 0.05) is 13.2 Å². The van der Waals surface area contributed by atoms with Crippen molar-refractivity contribution in [2.45, 2.75) is 6.42 Å². The highest BCUT2D eigenvalue weighted by Gasteiger charge is 2.18. The Labute approximate surface area is 188 Å². The van der Waals surface area contributed by atoms with Crippen LogP contribution >= 0.6 is 0 Å². The van der Waals surface area contributed by atoms with Gasteiger partial charge in [-0.2, -0.15) is 0 Å². The van der Waals surface area contributed by atoms with Crippen molar-refractivity contribution in [1.82, 2.24) is 0 Å². The van der Waals surface area contributed by atoms with Gasteiger partial charge in [0.05, 0.1) is 23.3 Å². The molecule has 1 N–H and O–H groups in total. The summed E-state index contributed by atoms with van der Waals surface area (Å²) in [6.45, 7) is 15.2. The smallest absolute Gasteiger partial charge is 0.338 e. The average Bonchev–Trinajstić information content (AvgIpc) is 2.82. The zero-order valence-electron chi connectivity index (χ0n) is 18.1. The highest BCUT2D eigenvalue weighted by Crippen LogP contribution is 2.14. The van der Waals surface area contributed by atoms with Crippen LogP contribution < -0.4 is 0 Å². The minimum absolute atomic E-state index is 0.000214. The standard InChI is InChI=1S/C18H18O6.C6H12O2/c1-4-7-22-16(19)13-10-14(17(20)23-8-5-2)12-15(11-13)18(21)24-9-6-3;1-2-5-8-6-3-4-7/h4-6,10-12H,1-3,7-9H2;2,7H,1,3-6H2. The Kier molecular flexibility index (Phi) is 16.3. The lowest BCUT2D eigenvalue weighted by Crippen LogP contribution is -2.13. The van der Waals surface area contributed by atoms with Crippen molar-refractivity contribution in [3.05, 3.63) is 85.5 Å². The highest BCUT2D eigenvalue weighted by molar-refractivity contribution is 6.00. The number of ether oxygens (including phenoxy) is 4. The van der Waals surface area contributed by atoms with Crippen molar-refractivity contribution < 1.29 is 38.4 Å². The fourth-order valence-corrected chi connectivity index (χ4v) is 1.97. The summed E-state index contributed by atoms with van der Waals surface area (Å²) in [5.74, 6) is -2.11. The van der Waals surface area contributed by atoms with Crippen molar-refractivity contribution in [2.24, 2.45) is 0 Å². The Hall–Kier alpha value is -3.49. The molecular weight excluding hydrogens is 416 g/mol. The second-order valence-corrected chi connectivity index (χ2v) is 5.90. The largest absolute Gasteiger partial charge is 0.458 e. The molecule has 0 saturated carbocycles. The third kappa shape index (κ3) is 12.3. The summed E-state index contributed by atoms with van der Waals surface area (Å²) in [5.41, 5.74) is 0.0707. The summed E-state index contributed by atoms with van der Waals surface area (Å²) in [7, 11) is 0. The van der Waals surface area contributed by atoms with Crippen LogP contribution in [-0.2, 0) is 18.9 Å². The van der Waals surface area contributed by atoms with Crippen LogP contribution in [0.3, 0.4) is 0 Å². The molecule has 0 aromatic heterocycles. The van der Waals surface area contributed by atoms with Crippen molar-refractivity contribution in [2.75, 3.05) is 39.6 Å². The average molecular weight is 446 g/mol. The van der Waals surface area contributed by atoms with Gasteiger partial charge in [-0.05, 0) is 24.6 Å². The van der Waals surface area contributed by atoms with Gasteiger partial charge >= 0.3 is 17.9 Å². The fraction of sp³-hybridized carbons (Fsp3) is 0.292. The molecule has 1 aromatic rings. The second-order valence-electron chi connectivity index (χ2n) is 5.90. The molecule has 0 aliphatic rings. The van der Waals surface area contributed by atoms with E-state index in [1.54, 1.807) is 6.08 Å². The number of aliphatic hydroxyl groups is 1. The van der Waals surface area contributed by atoms with Gasteiger partial charge in [0.25, 0.3) is 0 Å². The molecule has 32 heavy (non-hydrogen) atoms. The molecule has 0 fully saturated rings. The van der Waals surface area contributed by atoms with Gasteiger partial charge in [-0.25, -0.2) is 14.4 Å². The van der Waals surface area contributed by atoms with E-state index in [0.717, 1.165) is 0 Å². The van der Waals surface area contributed by atoms with Gasteiger partial charge < -0.3 is 24.1 Å². The SMILES string of the molecule is C=CCOC(=O)c1cc(C(=O)OCC=C)cc(C(=O)OCC=C)c1.C=CCOCCCO. The van der Waals surface area contributed by atoms with E-state index in [2.05, 4.69) is 26.3 Å². The molecule has 174 valence electrons. The zero-order chi connectivity index (χ0) is 24.2. The molecule has 0 aliphatic heterocycles. The molecule has 0 saturated heterocycles. The minimum Gasteiger partial charge on any atom is -0.458 e. The first-order chi connectivity index (χ1) is 15.4. The van der Waals surface area contributed by atoms with Crippen molar-refractivity contribution in [1.29, 1.82) is 0 Å². The molecule has 0 radical (unpaired) electrons. The predicted octanol–water partition coefficient (Wildman–Crippen LogP) is 3.29. The summed E-state index contributed by atoms with van der Waals surface area (Å²) in [6.07, 6.45) is 6.61. The normalized spacial score (nSPS) is 9.41. The number of benzene rings is 1. The maximum atomic E-state index is 12.0. The lowest BCUT2D eigenvalue weighted by Gasteiger charge is -2.09. The van der Waals surface area contributed by atoms with Crippen LogP contribution in [0, 0.1) is 0 Å². The number of hydrogen-bond donors (Lipinski definition) is 1. The lowest BCUT2D eigenvalue weighted by molar-refractivity contribution is 0.0547. The van der Waals surface area contributed by atoms with E-state index in [4.69, 9.17) is 24.1 Å². The first-order valence-corrected chi connectivity index (χ1v) is 9.73. The third-order valence-corrected chi connectivity index (χ3v) is 3.32. The van der Waals surface area contributed by atoms with Gasteiger partial charge in [-0.1, -0.05) is 44.0 Å². The van der Waals surface area contributed by atoms with Crippen LogP contribution in [0.2, 0.25) is 0 Å². The number of aliphatic hydroxyl groups excluding tert-OH is 1. The first kappa shape index (κ1) is 28.5. The zero-order valence-corrected chi connectivity index (χ0v) is 18.1. The molecule has 0 atom stereocenters. The quantitative estimate of drug-likeness (QED) is 0.201. The predicted molar refractivity (Wildman–Crippen MR) is 121 cm³/mol. The van der Waals surface area contributed by atoms with E-state index in [9.17, 15) is 14.4 Å². The summed E-state index contributed by atoms with van der Waals surface area (Å²) in [5, 5.41) is 8.26. The maximum Gasteiger partial charge on any atom is 0.338 e. The lowest BCUT2D eigenvalue weighted by atomic mass is 10.1. The molecule has 1 aromatic carbocycles. The number of carbonyl (C=O) groups is 3. The molecule has 1 rings (SSSR count). The molecular formula is C24H30O8. The minimum atomic E-state index is -0.703. The van der Waals surface area contributed by atoms with E-state index in [0.29, 0.717) is 19.6 Å². The number of rotatable bonds is 14. The van der Waals surface area contributed by atoms with E-state index in [1.807, 2.05) is 0 Å². The van der Waals surface area contributed by atoms with Crippen molar-refractivity contribution in [3.63, 3.8) is 0 Å². The Morgan fingerprint density at radius 2 is 1.03 bits per heavy atom. The van der Waals surface area contributed by atoms with Crippen molar-refractivity contribution in [3.8, 4) is 0 Å². The van der Waals surface area contributed by atoms with Crippen LogP contribution in [0.5, 0.6) is 0 Å². The fourth-order valence-electron chi connectivity index (χ4n) is 1.97. The van der Waals surface area contributed by atoms with Gasteiger partial charge in [-0.15, -0.1) is 6.58 Å². The Bertz CT molecular complexity index is 679. The van der Waals surface area contributed by atoms with Crippen LogP contribution in [-0.4, -0.2) is 62.7 Å².